The lowest BCUT2D eigenvalue weighted by atomic mass is 10.4. The number of carbonyl (C=O) groups excluding carboxylic acids is 3. The summed E-state index contributed by atoms with van der Waals surface area (Å²) in [5, 5.41) is 3.96. The molecule has 1 saturated heterocycles. The molecule has 0 aromatic heterocycles. The molecule has 15 nitrogen and oxygen atoms in total. The molecule has 220 valence electrons. The Labute approximate surface area is 222 Å². The normalized spacial score (nSPS) is 13.4. The Kier molecular flexibility index (Phi) is 22.5. The molecule has 1 aliphatic rings. The van der Waals surface area contributed by atoms with Crippen LogP contribution in [0.15, 0.2) is 5.11 Å². The molecule has 0 aromatic carbocycles. The topological polar surface area (TPSA) is 175 Å². The van der Waals surface area contributed by atoms with Gasteiger partial charge in [0.25, 0.3) is 11.8 Å². The van der Waals surface area contributed by atoms with Gasteiger partial charge in [0.05, 0.1) is 112 Å². The molecule has 1 rings (SSSR count). The first-order valence-electron chi connectivity index (χ1n) is 12.7. The summed E-state index contributed by atoms with van der Waals surface area (Å²) in [6.45, 7) is 7.36. The van der Waals surface area contributed by atoms with Crippen LogP contribution in [0.5, 0.6) is 0 Å². The van der Waals surface area contributed by atoms with Crippen LogP contribution < -0.4 is 5.53 Å². The number of hydrogen-bond donors (Lipinski definition) is 1. The minimum absolute atomic E-state index is 0.0622. The fourth-order valence-electron chi connectivity index (χ4n) is 2.72. The zero-order chi connectivity index (χ0) is 27.5. The molecule has 15 heteroatoms. The van der Waals surface area contributed by atoms with Crippen LogP contribution in [0.25, 0.3) is 0 Å². The van der Waals surface area contributed by atoms with Crippen molar-refractivity contribution in [3.8, 4) is 0 Å². The van der Waals surface area contributed by atoms with E-state index in [0.29, 0.717) is 111 Å². The minimum Gasteiger partial charge on any atom is -0.378 e. The second-order valence-electron chi connectivity index (χ2n) is 7.60. The van der Waals surface area contributed by atoms with E-state index in [9.17, 15) is 14.4 Å². The summed E-state index contributed by atoms with van der Waals surface area (Å²) in [5.74, 6) is -1.71. The first-order chi connectivity index (χ1) is 18.6. The van der Waals surface area contributed by atoms with E-state index in [0.717, 1.165) is 0 Å². The highest BCUT2D eigenvalue weighted by Gasteiger charge is 2.32. The second kappa shape index (κ2) is 25.2. The molecule has 0 radical (unpaired) electrons. The van der Waals surface area contributed by atoms with Gasteiger partial charge in [0.15, 0.2) is 0 Å². The quantitative estimate of drug-likeness (QED) is 0.0664. The zero-order valence-corrected chi connectivity index (χ0v) is 22.0. The molecule has 1 heterocycles. The second-order valence-corrected chi connectivity index (χ2v) is 7.60. The van der Waals surface area contributed by atoms with E-state index >= 15 is 0 Å². The molecule has 1 fully saturated rings. The molecule has 0 unspecified atom stereocenters. The van der Waals surface area contributed by atoms with Crippen LogP contribution in [-0.2, 0) is 57.1 Å². The van der Waals surface area contributed by atoms with E-state index in [1.165, 1.54) is 0 Å². The van der Waals surface area contributed by atoms with E-state index in [2.05, 4.69) is 5.11 Å². The van der Waals surface area contributed by atoms with E-state index in [-0.39, 0.29) is 25.9 Å². The average Bonchev–Trinajstić information content (AvgIpc) is 3.22. The Balaban J connectivity index is 1.69. The third-order valence-electron chi connectivity index (χ3n) is 4.62. The number of rotatable bonds is 28. The summed E-state index contributed by atoms with van der Waals surface area (Å²) >= 11 is 0. The van der Waals surface area contributed by atoms with Gasteiger partial charge >= 0.3 is 5.97 Å². The van der Waals surface area contributed by atoms with Gasteiger partial charge < -0.3 is 42.7 Å². The summed E-state index contributed by atoms with van der Waals surface area (Å²) < 4.78 is 42.8. The maximum atomic E-state index is 11.6. The van der Waals surface area contributed by atoms with Gasteiger partial charge in [-0.1, -0.05) is 0 Å². The number of ether oxygens (including phenoxy) is 8. The molecule has 2 N–H and O–H groups in total. The molecule has 0 bridgehead atoms. The molecule has 0 aliphatic carbocycles. The number of amides is 2. The predicted molar refractivity (Wildman–Crippen MR) is 128 cm³/mol. The van der Waals surface area contributed by atoms with Crippen LogP contribution in [0.1, 0.15) is 19.3 Å². The number of hydrogen-bond acceptors (Lipinski definition) is 13. The molecule has 1 aliphatic heterocycles. The standard InChI is InChI=1S/C23H41N3O12/c24-25-4-6-31-8-10-33-12-14-35-16-18-37-20-19-36-17-15-34-13-11-32-9-7-30-5-3-23(29)38-26-21(27)1-2-22(26)28/h24H,1-20H2/p+1. The molecule has 0 saturated carbocycles. The maximum absolute atomic E-state index is 11.6. The summed E-state index contributed by atoms with van der Waals surface area (Å²) in [6, 6.07) is 0. The van der Waals surface area contributed by atoms with E-state index in [1.807, 2.05) is 0 Å². The fraction of sp³-hybridized carbons (Fsp3) is 0.870. The van der Waals surface area contributed by atoms with Gasteiger partial charge in [-0.3, -0.25) is 9.59 Å². The molecule has 2 amide bonds. The van der Waals surface area contributed by atoms with Gasteiger partial charge in [0.2, 0.25) is 0 Å². The SMILES string of the molecule is [NH2+]=NCCOCCOCCOCCOCCOCCOCCOCCOCCC(=O)ON1C(=O)CCC1=O. The van der Waals surface area contributed by atoms with Gasteiger partial charge in [-0.05, 0) is 5.11 Å². The highest BCUT2D eigenvalue weighted by Crippen LogP contribution is 2.12. The van der Waals surface area contributed by atoms with Crippen molar-refractivity contribution in [2.24, 2.45) is 5.11 Å². The zero-order valence-electron chi connectivity index (χ0n) is 22.0. The van der Waals surface area contributed by atoms with Crippen molar-refractivity contribution in [1.29, 1.82) is 0 Å². The Morgan fingerprint density at radius 2 is 0.895 bits per heavy atom. The van der Waals surface area contributed by atoms with Crippen LogP contribution >= 0.6 is 0 Å². The van der Waals surface area contributed by atoms with Crippen molar-refractivity contribution in [1.82, 2.24) is 5.06 Å². The van der Waals surface area contributed by atoms with Gasteiger partial charge in [0.1, 0.15) is 6.54 Å². The van der Waals surface area contributed by atoms with Gasteiger partial charge in [-0.25, -0.2) is 4.79 Å². The Hall–Kier alpha value is -2.11. The molecule has 0 spiro atoms. The molecule has 0 atom stereocenters. The summed E-state index contributed by atoms with van der Waals surface area (Å²) in [7, 11) is 0. The van der Waals surface area contributed by atoms with Crippen LogP contribution in [0, 0.1) is 0 Å². The van der Waals surface area contributed by atoms with Crippen LogP contribution in [0.4, 0.5) is 0 Å². The highest BCUT2D eigenvalue weighted by atomic mass is 16.7. The highest BCUT2D eigenvalue weighted by molar-refractivity contribution is 6.01. The Morgan fingerprint density at radius 1 is 0.579 bits per heavy atom. The Morgan fingerprint density at radius 3 is 1.24 bits per heavy atom. The van der Waals surface area contributed by atoms with E-state index < -0.39 is 17.8 Å². The van der Waals surface area contributed by atoms with Crippen LogP contribution in [-0.4, -0.2) is 135 Å². The smallest absolute Gasteiger partial charge is 0.335 e. The Bertz CT molecular complexity index is 625. The monoisotopic (exact) mass is 552 g/mol. The first kappa shape index (κ1) is 33.9. The third-order valence-corrected chi connectivity index (χ3v) is 4.62. The summed E-state index contributed by atoms with van der Waals surface area (Å²) in [5.41, 5.74) is 5.00. The summed E-state index contributed by atoms with van der Waals surface area (Å²) in [6.07, 6.45) is 0.0545. The molecular weight excluding hydrogens is 510 g/mol. The molecule has 0 aromatic rings. The van der Waals surface area contributed by atoms with Crippen LogP contribution in [0.3, 0.4) is 0 Å². The van der Waals surface area contributed by atoms with Crippen molar-refractivity contribution < 1.29 is 62.6 Å². The van der Waals surface area contributed by atoms with Crippen molar-refractivity contribution in [3.05, 3.63) is 0 Å². The van der Waals surface area contributed by atoms with Crippen molar-refractivity contribution >= 4 is 17.8 Å². The first-order valence-corrected chi connectivity index (χ1v) is 12.7. The predicted octanol–water partition coefficient (Wildman–Crippen LogP) is -1.67. The third kappa shape index (κ3) is 19.9. The largest absolute Gasteiger partial charge is 0.378 e. The molecule has 38 heavy (non-hydrogen) atoms. The summed E-state index contributed by atoms with van der Waals surface area (Å²) in [4.78, 5) is 39.0. The lowest BCUT2D eigenvalue weighted by molar-refractivity contribution is -0.223. The van der Waals surface area contributed by atoms with Crippen molar-refractivity contribution in [2.45, 2.75) is 19.3 Å². The number of nitrogens with two attached hydrogens (primary N) is 1. The van der Waals surface area contributed by atoms with E-state index in [4.69, 9.17) is 48.3 Å². The number of imide groups is 1. The average molecular weight is 553 g/mol. The van der Waals surface area contributed by atoms with Crippen molar-refractivity contribution in [3.63, 3.8) is 0 Å². The van der Waals surface area contributed by atoms with E-state index in [1.54, 1.807) is 0 Å². The number of hydroxylamine groups is 2. The number of carbonyl (C=O) groups is 3. The number of nitrogens with zero attached hydrogens (tertiary/aromatic N) is 2. The van der Waals surface area contributed by atoms with Gasteiger partial charge in [-0.15, -0.1) is 5.06 Å². The minimum atomic E-state index is -0.697. The van der Waals surface area contributed by atoms with Gasteiger partial charge in [0, 0.05) is 12.8 Å². The lowest BCUT2D eigenvalue weighted by Gasteiger charge is -2.12. The fourth-order valence-corrected chi connectivity index (χ4v) is 2.72. The lowest BCUT2D eigenvalue weighted by Crippen LogP contribution is -2.32. The maximum Gasteiger partial charge on any atom is 0.335 e. The van der Waals surface area contributed by atoms with Crippen molar-refractivity contribution in [2.75, 3.05) is 112 Å². The molecular formula is C23H42N3O12+. The van der Waals surface area contributed by atoms with Gasteiger partial charge in [-0.2, -0.15) is 5.53 Å². The van der Waals surface area contributed by atoms with Crippen LogP contribution in [0.2, 0.25) is 0 Å².